The molecule has 0 radical (unpaired) electrons. The molecule has 0 fully saturated rings. The molecule has 5 rings (SSSR count). The number of rotatable bonds is 10. The van der Waals surface area contributed by atoms with Crippen molar-refractivity contribution in [3.8, 4) is 5.75 Å². The van der Waals surface area contributed by atoms with Crippen molar-refractivity contribution in [2.75, 3.05) is 24.5 Å². The van der Waals surface area contributed by atoms with E-state index in [0.717, 1.165) is 21.0 Å². The fourth-order valence-electron chi connectivity index (χ4n) is 4.89. The molecule has 1 aliphatic heterocycles. The van der Waals surface area contributed by atoms with E-state index in [4.69, 9.17) is 16.3 Å². The highest BCUT2D eigenvalue weighted by Crippen LogP contribution is 2.34. The minimum atomic E-state index is -4.10. The number of ether oxygens (including phenoxy) is 1. The van der Waals surface area contributed by atoms with Crippen LogP contribution in [0.2, 0.25) is 5.02 Å². The summed E-state index contributed by atoms with van der Waals surface area (Å²) in [5, 5.41) is 3.30. The van der Waals surface area contributed by atoms with Crippen molar-refractivity contribution in [2.24, 2.45) is 0 Å². The van der Waals surface area contributed by atoms with Crippen molar-refractivity contribution >= 4 is 39.1 Å². The van der Waals surface area contributed by atoms with Gasteiger partial charge >= 0.3 is 0 Å². The summed E-state index contributed by atoms with van der Waals surface area (Å²) in [6, 6.07) is 30.0. The summed E-state index contributed by atoms with van der Waals surface area (Å²) in [7, 11) is -4.10. The molecule has 2 amide bonds. The predicted octanol–water partition coefficient (Wildman–Crippen LogP) is 4.99. The van der Waals surface area contributed by atoms with E-state index in [1.807, 2.05) is 61.5 Å². The third-order valence-electron chi connectivity index (χ3n) is 7.29. The van der Waals surface area contributed by atoms with Crippen LogP contribution in [0.4, 0.5) is 5.69 Å². The number of halogens is 1. The fraction of sp³-hybridized carbons (Fsp3) is 0.212. The second-order valence-electron chi connectivity index (χ2n) is 10.3. The molecule has 0 spiro atoms. The van der Waals surface area contributed by atoms with E-state index in [0.29, 0.717) is 29.4 Å². The van der Waals surface area contributed by atoms with Crippen molar-refractivity contribution in [2.45, 2.75) is 30.9 Å². The zero-order chi connectivity index (χ0) is 30.4. The van der Waals surface area contributed by atoms with Gasteiger partial charge in [-0.15, -0.1) is 0 Å². The quantitative estimate of drug-likeness (QED) is 0.270. The van der Waals surface area contributed by atoms with E-state index >= 15 is 0 Å². The maximum absolute atomic E-state index is 14.0. The van der Waals surface area contributed by atoms with Crippen LogP contribution in [0, 0.1) is 6.92 Å². The molecule has 4 aromatic rings. The van der Waals surface area contributed by atoms with E-state index in [1.54, 1.807) is 24.3 Å². The van der Waals surface area contributed by atoms with Crippen molar-refractivity contribution in [3.05, 3.63) is 125 Å². The van der Waals surface area contributed by atoms with Gasteiger partial charge in [0.05, 0.1) is 23.7 Å². The van der Waals surface area contributed by atoms with Crippen LogP contribution in [0.25, 0.3) is 0 Å². The molecule has 0 bridgehead atoms. The van der Waals surface area contributed by atoms with Gasteiger partial charge in [-0.1, -0.05) is 78.3 Å². The Morgan fingerprint density at radius 3 is 2.35 bits per heavy atom. The Morgan fingerprint density at radius 1 is 0.930 bits per heavy atom. The molecule has 8 nitrogen and oxygen atoms in total. The average molecular weight is 618 g/mol. The van der Waals surface area contributed by atoms with Crippen LogP contribution in [0.15, 0.2) is 108 Å². The predicted molar refractivity (Wildman–Crippen MR) is 167 cm³/mol. The van der Waals surface area contributed by atoms with Crippen molar-refractivity contribution in [1.82, 2.24) is 9.62 Å². The standard InChI is InChI=1S/C33H32ClN3O5S/c1-24-9-5-6-12-26(24)21-36(43(40,41)28-17-15-27(34)16-18-28)23-32(38)37-22-31(42-30-14-8-7-13-29(30)37)33(39)35-20-19-25-10-3-2-4-11-25/h2-18,31H,19-23H2,1H3,(H,35,39). The number of fused-ring (bicyclic) bond motifs is 1. The molecule has 0 saturated carbocycles. The van der Waals surface area contributed by atoms with Gasteiger partial charge in [-0.2, -0.15) is 4.31 Å². The van der Waals surface area contributed by atoms with Gasteiger partial charge in [-0.3, -0.25) is 9.59 Å². The monoisotopic (exact) mass is 617 g/mol. The maximum Gasteiger partial charge on any atom is 0.262 e. The van der Waals surface area contributed by atoms with Gasteiger partial charge in [0.15, 0.2) is 6.10 Å². The van der Waals surface area contributed by atoms with Crippen LogP contribution in [0.3, 0.4) is 0 Å². The highest BCUT2D eigenvalue weighted by atomic mass is 35.5. The fourth-order valence-corrected chi connectivity index (χ4v) is 6.38. The first-order valence-electron chi connectivity index (χ1n) is 13.9. The highest BCUT2D eigenvalue weighted by molar-refractivity contribution is 7.89. The van der Waals surface area contributed by atoms with Gasteiger partial charge in [0.25, 0.3) is 5.91 Å². The Labute approximate surface area is 256 Å². The third kappa shape index (κ3) is 7.25. The van der Waals surface area contributed by atoms with Crippen molar-refractivity contribution < 1.29 is 22.7 Å². The van der Waals surface area contributed by atoms with Crippen LogP contribution < -0.4 is 15.0 Å². The second kappa shape index (κ2) is 13.4. The minimum Gasteiger partial charge on any atom is -0.477 e. The van der Waals surface area contributed by atoms with Gasteiger partial charge in [0, 0.05) is 18.1 Å². The molecule has 1 N–H and O–H groups in total. The van der Waals surface area contributed by atoms with Gasteiger partial charge < -0.3 is 15.0 Å². The molecule has 1 atom stereocenters. The van der Waals surface area contributed by atoms with Gasteiger partial charge in [-0.25, -0.2) is 8.42 Å². The lowest BCUT2D eigenvalue weighted by Crippen LogP contribution is -2.53. The van der Waals surface area contributed by atoms with E-state index in [1.165, 1.54) is 29.2 Å². The van der Waals surface area contributed by atoms with Crippen molar-refractivity contribution in [3.63, 3.8) is 0 Å². The molecular formula is C33H32ClN3O5S. The number of carbonyl (C=O) groups is 2. The Balaban J connectivity index is 1.38. The number of sulfonamides is 1. The highest BCUT2D eigenvalue weighted by Gasteiger charge is 2.36. The summed E-state index contributed by atoms with van der Waals surface area (Å²) >= 11 is 6.01. The molecule has 1 heterocycles. The van der Waals surface area contributed by atoms with Crippen LogP contribution in [-0.2, 0) is 32.6 Å². The summed E-state index contributed by atoms with van der Waals surface area (Å²) in [6.45, 7) is 1.77. The number of hydrogen-bond acceptors (Lipinski definition) is 5. The summed E-state index contributed by atoms with van der Waals surface area (Å²) in [5.41, 5.74) is 3.23. The Morgan fingerprint density at radius 2 is 1.60 bits per heavy atom. The number of aryl methyl sites for hydroxylation is 1. The first-order chi connectivity index (χ1) is 20.7. The van der Waals surface area contributed by atoms with Crippen LogP contribution in [0.5, 0.6) is 5.75 Å². The first-order valence-corrected chi connectivity index (χ1v) is 15.7. The molecule has 43 heavy (non-hydrogen) atoms. The molecule has 4 aromatic carbocycles. The summed E-state index contributed by atoms with van der Waals surface area (Å²) in [5.74, 6) is -0.464. The SMILES string of the molecule is Cc1ccccc1CN(CC(=O)N1CC(C(=O)NCCc2ccccc2)Oc2ccccc21)S(=O)(=O)c1ccc(Cl)cc1. The third-order valence-corrected chi connectivity index (χ3v) is 9.35. The lowest BCUT2D eigenvalue weighted by Gasteiger charge is -2.35. The topological polar surface area (TPSA) is 96.0 Å². The normalized spacial score (nSPS) is 14.6. The molecule has 0 aromatic heterocycles. The zero-order valence-corrected chi connectivity index (χ0v) is 25.2. The number of anilines is 1. The average Bonchev–Trinajstić information content (AvgIpc) is 3.01. The summed E-state index contributed by atoms with van der Waals surface area (Å²) < 4.78 is 34.9. The Bertz CT molecular complexity index is 1700. The molecule has 10 heteroatoms. The number of para-hydroxylation sites is 2. The maximum atomic E-state index is 14.0. The van der Waals surface area contributed by atoms with Gasteiger partial charge in [0.1, 0.15) is 5.75 Å². The Hall–Kier alpha value is -4.18. The first kappa shape index (κ1) is 30.3. The van der Waals surface area contributed by atoms with Crippen LogP contribution >= 0.6 is 11.6 Å². The van der Waals surface area contributed by atoms with E-state index in [-0.39, 0.29) is 23.9 Å². The Kier molecular flexibility index (Phi) is 9.45. The van der Waals surface area contributed by atoms with Gasteiger partial charge in [0.2, 0.25) is 15.9 Å². The number of hydrogen-bond donors (Lipinski definition) is 1. The van der Waals surface area contributed by atoms with Crippen LogP contribution in [0.1, 0.15) is 16.7 Å². The van der Waals surface area contributed by atoms with Gasteiger partial charge in [-0.05, 0) is 66.4 Å². The molecule has 0 saturated heterocycles. The summed E-state index contributed by atoms with van der Waals surface area (Å²) in [6.07, 6.45) is -0.318. The molecule has 222 valence electrons. The number of benzene rings is 4. The number of nitrogens with zero attached hydrogens (tertiary/aromatic N) is 2. The lowest BCUT2D eigenvalue weighted by molar-refractivity contribution is -0.128. The lowest BCUT2D eigenvalue weighted by atomic mass is 10.1. The number of carbonyl (C=O) groups excluding carboxylic acids is 2. The van der Waals surface area contributed by atoms with Crippen LogP contribution in [-0.4, -0.2) is 50.3 Å². The largest absolute Gasteiger partial charge is 0.477 e. The molecule has 0 aliphatic carbocycles. The number of nitrogens with one attached hydrogen (secondary N) is 1. The zero-order valence-electron chi connectivity index (χ0n) is 23.6. The summed E-state index contributed by atoms with van der Waals surface area (Å²) in [4.78, 5) is 28.6. The van der Waals surface area contributed by atoms with Crippen molar-refractivity contribution in [1.29, 1.82) is 0 Å². The van der Waals surface area contributed by atoms with E-state index in [9.17, 15) is 18.0 Å². The van der Waals surface area contributed by atoms with E-state index in [2.05, 4.69) is 5.32 Å². The molecular weight excluding hydrogens is 586 g/mol. The smallest absolute Gasteiger partial charge is 0.262 e. The minimum absolute atomic E-state index is 0.0151. The molecule has 1 aliphatic rings. The molecule has 1 unspecified atom stereocenters. The van der Waals surface area contributed by atoms with E-state index < -0.39 is 28.6 Å². The number of amides is 2. The second-order valence-corrected chi connectivity index (χ2v) is 12.6.